The number of rotatable bonds is 7. The van der Waals surface area contributed by atoms with Gasteiger partial charge in [-0.25, -0.2) is 0 Å². The molecular weight excluding hydrogens is 552 g/mol. The highest BCUT2D eigenvalue weighted by molar-refractivity contribution is 4.95. The number of aliphatic hydroxyl groups is 11. The minimum absolute atomic E-state index is 0.369. The summed E-state index contributed by atoms with van der Waals surface area (Å²) in [6.07, 6.45) is -28.7. The fourth-order valence-electron chi connectivity index (χ4n) is 4.90. The van der Waals surface area contributed by atoms with Crippen LogP contribution >= 0.6 is 0 Å². The summed E-state index contributed by atoms with van der Waals surface area (Å²) in [4.78, 5) is 0. The van der Waals surface area contributed by atoms with Gasteiger partial charge in [0, 0.05) is 0 Å². The second-order valence-electron chi connectivity index (χ2n) is 10.2. The number of ether oxygens (including phenoxy) is 7. The first-order valence-corrected chi connectivity index (χ1v) is 12.8. The third-order valence-corrected chi connectivity index (χ3v) is 7.38. The fourth-order valence-corrected chi connectivity index (χ4v) is 4.90. The molecule has 0 saturated carbocycles. The summed E-state index contributed by atoms with van der Waals surface area (Å²) in [5.41, 5.74) is 0. The summed E-state index contributed by atoms with van der Waals surface area (Å²) in [7, 11) is 0. The van der Waals surface area contributed by atoms with Crippen LogP contribution in [0.25, 0.3) is 0 Å². The van der Waals surface area contributed by atoms with Crippen molar-refractivity contribution < 1.29 is 89.3 Å². The van der Waals surface area contributed by atoms with Gasteiger partial charge in [0.05, 0.1) is 25.9 Å². The van der Waals surface area contributed by atoms with E-state index in [1.165, 1.54) is 6.92 Å². The third-order valence-electron chi connectivity index (χ3n) is 7.38. The van der Waals surface area contributed by atoms with Gasteiger partial charge in [-0.1, -0.05) is 0 Å². The van der Waals surface area contributed by atoms with Crippen molar-refractivity contribution in [1.82, 2.24) is 0 Å². The Bertz CT molecular complexity index is 806. The van der Waals surface area contributed by atoms with Crippen molar-refractivity contribution in [3.8, 4) is 0 Å². The lowest BCUT2D eigenvalue weighted by Gasteiger charge is -2.47. The molecule has 0 aromatic carbocycles. The van der Waals surface area contributed by atoms with E-state index in [-0.39, 0.29) is 6.61 Å². The van der Waals surface area contributed by atoms with Crippen LogP contribution in [0.1, 0.15) is 6.92 Å². The molecule has 0 bridgehead atoms. The molecule has 4 heterocycles. The SMILES string of the molecule is C[C@@H]1O[C@@H](O[C@@H]2[C@@H](O)[C@H](O)CO[C@H]2O)[C@H](O)[C@H](O[C@@H]2OC[C@@H](O)[C@H](O[C@H]3O[C@H](CO)[C@@H](O)[C@H](O)[C@H]3O)[C@H]2O)[C@H]1O. The van der Waals surface area contributed by atoms with Gasteiger partial charge in [0.2, 0.25) is 0 Å². The van der Waals surface area contributed by atoms with E-state index in [4.69, 9.17) is 33.2 Å². The average molecular weight is 591 g/mol. The van der Waals surface area contributed by atoms with Crippen LogP contribution in [0.5, 0.6) is 0 Å². The van der Waals surface area contributed by atoms with E-state index >= 15 is 0 Å². The van der Waals surface area contributed by atoms with E-state index in [0.29, 0.717) is 0 Å². The van der Waals surface area contributed by atoms with Gasteiger partial charge in [0.1, 0.15) is 79.4 Å². The van der Waals surface area contributed by atoms with E-state index in [2.05, 4.69) is 0 Å². The van der Waals surface area contributed by atoms with Gasteiger partial charge in [-0.05, 0) is 6.92 Å². The Morgan fingerprint density at radius 1 is 0.550 bits per heavy atom. The molecule has 0 aromatic heterocycles. The Hall–Kier alpha value is -0.720. The van der Waals surface area contributed by atoms with Gasteiger partial charge < -0.3 is 89.3 Å². The van der Waals surface area contributed by atoms with Crippen molar-refractivity contribution in [3.63, 3.8) is 0 Å². The van der Waals surface area contributed by atoms with Crippen molar-refractivity contribution in [2.75, 3.05) is 19.8 Å². The molecule has 0 unspecified atom stereocenters. The van der Waals surface area contributed by atoms with E-state index in [1.54, 1.807) is 0 Å². The van der Waals surface area contributed by atoms with Crippen LogP contribution in [-0.2, 0) is 33.2 Å². The van der Waals surface area contributed by atoms with E-state index in [9.17, 15) is 56.2 Å². The largest absolute Gasteiger partial charge is 0.394 e. The number of hydrogen-bond acceptors (Lipinski definition) is 18. The zero-order valence-electron chi connectivity index (χ0n) is 21.3. The van der Waals surface area contributed by atoms with Crippen LogP contribution in [0.3, 0.4) is 0 Å². The van der Waals surface area contributed by atoms with Crippen LogP contribution in [-0.4, -0.2) is 187 Å². The molecule has 0 radical (unpaired) electrons. The Labute approximate surface area is 227 Å². The normalized spacial score (nSPS) is 54.3. The molecule has 4 saturated heterocycles. The van der Waals surface area contributed by atoms with Crippen molar-refractivity contribution in [1.29, 1.82) is 0 Å². The monoisotopic (exact) mass is 590 g/mol. The molecule has 4 aliphatic heterocycles. The quantitative estimate of drug-likeness (QED) is 0.131. The Balaban J connectivity index is 1.44. The average Bonchev–Trinajstić information content (AvgIpc) is 2.92. The Morgan fingerprint density at radius 3 is 1.80 bits per heavy atom. The molecule has 18 nitrogen and oxygen atoms in total. The molecule has 4 fully saturated rings. The highest BCUT2D eigenvalue weighted by Gasteiger charge is 2.52. The van der Waals surface area contributed by atoms with Crippen molar-refractivity contribution in [2.24, 2.45) is 0 Å². The molecule has 234 valence electrons. The van der Waals surface area contributed by atoms with Gasteiger partial charge in [-0.15, -0.1) is 0 Å². The molecule has 0 aliphatic carbocycles. The maximum Gasteiger partial charge on any atom is 0.187 e. The molecular formula is C22H38O18. The second-order valence-corrected chi connectivity index (χ2v) is 10.2. The van der Waals surface area contributed by atoms with Gasteiger partial charge in [0.15, 0.2) is 25.2 Å². The second kappa shape index (κ2) is 13.3. The molecule has 4 rings (SSSR count). The minimum atomic E-state index is -1.83. The molecule has 40 heavy (non-hydrogen) atoms. The predicted octanol–water partition coefficient (Wildman–Crippen LogP) is -7.44. The Kier molecular flexibility index (Phi) is 10.7. The first-order valence-electron chi connectivity index (χ1n) is 12.8. The standard InChI is InChI=1S/C22H38O18/c1-5-9(26)17(15(32)22(36-5)40-18-10(27)6(24)3-34-19(18)33)39-20-14(31)16(7(25)4-35-20)38-21-13(30)12(29)11(28)8(2-23)37-21/h5-33H,2-4H2,1H3/t5-,6+,7+,8+,9-,10-,11+,12-,13+,14+,15+,16-,17+,18+,19+,20-,21+,22-/m0/s1. The third kappa shape index (κ3) is 6.44. The summed E-state index contributed by atoms with van der Waals surface area (Å²) in [6.45, 7) is -0.206. The van der Waals surface area contributed by atoms with Crippen molar-refractivity contribution in [2.45, 2.75) is 118 Å². The molecule has 18 heteroatoms. The topological polar surface area (TPSA) is 287 Å². The summed E-state index contributed by atoms with van der Waals surface area (Å²) >= 11 is 0. The first kappa shape index (κ1) is 32.2. The lowest BCUT2D eigenvalue weighted by Crippen LogP contribution is -2.65. The zero-order chi connectivity index (χ0) is 29.5. The van der Waals surface area contributed by atoms with E-state index in [1.807, 2.05) is 0 Å². The highest BCUT2D eigenvalue weighted by Crippen LogP contribution is 2.32. The maximum absolute atomic E-state index is 10.9. The molecule has 0 amide bonds. The van der Waals surface area contributed by atoms with Gasteiger partial charge in [0.25, 0.3) is 0 Å². The van der Waals surface area contributed by atoms with Gasteiger partial charge in [-0.2, -0.15) is 0 Å². The lowest BCUT2D eigenvalue weighted by molar-refractivity contribution is -0.379. The number of hydrogen-bond donors (Lipinski definition) is 11. The summed E-state index contributed by atoms with van der Waals surface area (Å²) < 4.78 is 37.5. The van der Waals surface area contributed by atoms with E-state index < -0.39 is 124 Å². The molecule has 18 atom stereocenters. The first-order chi connectivity index (χ1) is 18.8. The molecule has 0 spiro atoms. The van der Waals surface area contributed by atoms with Gasteiger partial charge in [-0.3, -0.25) is 0 Å². The molecule has 11 N–H and O–H groups in total. The summed E-state index contributed by atoms with van der Waals surface area (Å²) in [5, 5.41) is 112. The van der Waals surface area contributed by atoms with Crippen molar-refractivity contribution in [3.05, 3.63) is 0 Å². The smallest absolute Gasteiger partial charge is 0.187 e. The van der Waals surface area contributed by atoms with Gasteiger partial charge >= 0.3 is 0 Å². The zero-order valence-corrected chi connectivity index (χ0v) is 21.3. The van der Waals surface area contributed by atoms with Crippen LogP contribution in [0.15, 0.2) is 0 Å². The van der Waals surface area contributed by atoms with Crippen LogP contribution in [0.2, 0.25) is 0 Å². The maximum atomic E-state index is 10.9. The van der Waals surface area contributed by atoms with E-state index in [0.717, 1.165) is 0 Å². The highest BCUT2D eigenvalue weighted by atomic mass is 16.8. The molecule has 4 aliphatic rings. The van der Waals surface area contributed by atoms with Crippen LogP contribution in [0, 0.1) is 0 Å². The lowest BCUT2D eigenvalue weighted by atomic mass is 9.97. The fraction of sp³-hybridized carbons (Fsp3) is 1.00. The minimum Gasteiger partial charge on any atom is -0.394 e. The summed E-state index contributed by atoms with van der Waals surface area (Å²) in [5.74, 6) is 0. The Morgan fingerprint density at radius 2 is 1.12 bits per heavy atom. The van der Waals surface area contributed by atoms with Crippen molar-refractivity contribution >= 4 is 0 Å². The number of aliphatic hydroxyl groups excluding tert-OH is 11. The summed E-state index contributed by atoms with van der Waals surface area (Å²) in [6, 6.07) is 0. The predicted molar refractivity (Wildman–Crippen MR) is 120 cm³/mol. The van der Waals surface area contributed by atoms with Crippen LogP contribution < -0.4 is 0 Å². The molecule has 0 aromatic rings. The van der Waals surface area contributed by atoms with Crippen LogP contribution in [0.4, 0.5) is 0 Å².